The summed E-state index contributed by atoms with van der Waals surface area (Å²) >= 11 is 6.06. The Kier molecular flexibility index (Phi) is 3.93. The lowest BCUT2D eigenvalue weighted by atomic mass is 10.1. The van der Waals surface area contributed by atoms with E-state index in [9.17, 15) is 0 Å². The first kappa shape index (κ1) is 14.8. The molecule has 3 nitrogen and oxygen atoms in total. The van der Waals surface area contributed by atoms with Gasteiger partial charge in [0.25, 0.3) is 0 Å². The van der Waals surface area contributed by atoms with Crippen LogP contribution >= 0.6 is 11.6 Å². The van der Waals surface area contributed by atoms with E-state index in [0.29, 0.717) is 5.02 Å². The second kappa shape index (κ2) is 6.38. The van der Waals surface area contributed by atoms with Gasteiger partial charge in [-0.2, -0.15) is 0 Å². The number of hydrogen-bond donors (Lipinski definition) is 0. The second-order valence-corrected chi connectivity index (χ2v) is 5.91. The molecule has 0 atom stereocenters. The molecule has 0 radical (unpaired) electrons. The monoisotopic (exact) mass is 334 g/mol. The summed E-state index contributed by atoms with van der Waals surface area (Å²) in [4.78, 5) is 7.76. The quantitative estimate of drug-likeness (QED) is 0.747. The Morgan fingerprint density at radius 1 is 0.917 bits per heavy atom. The lowest BCUT2D eigenvalue weighted by Crippen LogP contribution is -2.34. The smallest absolute Gasteiger partial charge is 0.185 e. The number of oxime groups is 1. The molecule has 0 fully saturated rings. The zero-order valence-corrected chi connectivity index (χ0v) is 13.6. The van der Waals surface area contributed by atoms with Crippen LogP contribution in [-0.4, -0.2) is 5.84 Å². The van der Waals surface area contributed by atoms with Crippen molar-refractivity contribution in [1.82, 2.24) is 0 Å². The fourth-order valence-electron chi connectivity index (χ4n) is 2.73. The third-order valence-corrected chi connectivity index (χ3v) is 4.12. The minimum absolute atomic E-state index is 0.704. The van der Waals surface area contributed by atoms with E-state index in [1.54, 1.807) is 0 Å². The maximum absolute atomic E-state index is 6.06. The third kappa shape index (κ3) is 2.74. The van der Waals surface area contributed by atoms with Gasteiger partial charge >= 0.3 is 0 Å². The van der Waals surface area contributed by atoms with Gasteiger partial charge in [0.2, 0.25) is 0 Å². The van der Waals surface area contributed by atoms with Crippen molar-refractivity contribution < 1.29 is 4.84 Å². The number of nitrogens with zero attached hydrogens (tertiary/aromatic N) is 2. The molecule has 0 saturated heterocycles. The van der Waals surface area contributed by atoms with Gasteiger partial charge in [-0.1, -0.05) is 59.2 Å². The number of benzene rings is 2. The third-order valence-electron chi connectivity index (χ3n) is 3.87. The van der Waals surface area contributed by atoms with Gasteiger partial charge < -0.3 is 4.84 Å². The molecule has 1 heterocycles. The van der Waals surface area contributed by atoms with Crippen LogP contribution in [0.4, 0.5) is 5.69 Å². The topological polar surface area (TPSA) is 24.8 Å². The SMILES string of the molecule is Clc1ccc(N2C(c3ccccc3)=NOC3=C2C=CCC=C3)cc1. The van der Waals surface area contributed by atoms with Crippen LogP contribution in [0.5, 0.6) is 0 Å². The summed E-state index contributed by atoms with van der Waals surface area (Å²) in [5.74, 6) is 1.48. The Hall–Kier alpha value is -2.78. The van der Waals surface area contributed by atoms with Crippen LogP contribution in [-0.2, 0) is 4.84 Å². The number of anilines is 1. The highest BCUT2D eigenvalue weighted by Gasteiger charge is 2.26. The van der Waals surface area contributed by atoms with Crippen molar-refractivity contribution in [2.75, 3.05) is 4.90 Å². The van der Waals surface area contributed by atoms with E-state index in [4.69, 9.17) is 16.4 Å². The van der Waals surface area contributed by atoms with E-state index in [0.717, 1.165) is 35.0 Å². The molecule has 0 saturated carbocycles. The molecular formula is C20H15ClN2O. The minimum atomic E-state index is 0.704. The Bertz CT molecular complexity index is 864. The summed E-state index contributed by atoms with van der Waals surface area (Å²) < 4.78 is 0. The van der Waals surface area contributed by atoms with E-state index in [1.807, 2.05) is 60.7 Å². The molecule has 0 bridgehead atoms. The molecule has 0 N–H and O–H groups in total. The molecule has 0 aromatic heterocycles. The van der Waals surface area contributed by atoms with E-state index < -0.39 is 0 Å². The van der Waals surface area contributed by atoms with E-state index in [1.165, 1.54) is 0 Å². The lowest BCUT2D eigenvalue weighted by Gasteiger charge is -2.30. The molecule has 2 aliphatic rings. The van der Waals surface area contributed by atoms with Crippen molar-refractivity contribution >= 4 is 23.1 Å². The first-order valence-corrected chi connectivity index (χ1v) is 8.14. The maximum atomic E-state index is 6.06. The van der Waals surface area contributed by atoms with Crippen molar-refractivity contribution in [1.29, 1.82) is 0 Å². The molecule has 2 aromatic carbocycles. The normalized spacial score (nSPS) is 16.4. The lowest BCUT2D eigenvalue weighted by molar-refractivity contribution is 0.232. The molecule has 118 valence electrons. The van der Waals surface area contributed by atoms with Gasteiger partial charge in [0, 0.05) is 16.3 Å². The average molecular weight is 335 g/mol. The van der Waals surface area contributed by atoms with Crippen LogP contribution in [0.1, 0.15) is 12.0 Å². The van der Waals surface area contributed by atoms with Crippen LogP contribution in [0.15, 0.2) is 95.5 Å². The minimum Gasteiger partial charge on any atom is -0.353 e. The van der Waals surface area contributed by atoms with Crippen LogP contribution < -0.4 is 4.90 Å². The largest absolute Gasteiger partial charge is 0.353 e. The van der Waals surface area contributed by atoms with Crippen molar-refractivity contribution in [3.8, 4) is 0 Å². The Balaban J connectivity index is 1.87. The van der Waals surface area contributed by atoms with Crippen LogP contribution in [0.3, 0.4) is 0 Å². The zero-order chi connectivity index (χ0) is 16.4. The van der Waals surface area contributed by atoms with Gasteiger partial charge in [-0.3, -0.25) is 4.90 Å². The van der Waals surface area contributed by atoms with E-state index in [2.05, 4.69) is 28.3 Å². The van der Waals surface area contributed by atoms with Gasteiger partial charge in [0.05, 0.1) is 5.70 Å². The van der Waals surface area contributed by atoms with Crippen molar-refractivity contribution in [3.05, 3.63) is 101 Å². The number of halogens is 1. The van der Waals surface area contributed by atoms with Crippen LogP contribution in [0, 0.1) is 0 Å². The Labute approximate surface area is 145 Å². The summed E-state index contributed by atoms with van der Waals surface area (Å²) in [6.07, 6.45) is 9.07. The number of hydrogen-bond acceptors (Lipinski definition) is 3. The van der Waals surface area contributed by atoms with Gasteiger partial charge in [0.15, 0.2) is 11.6 Å². The van der Waals surface area contributed by atoms with Crippen LogP contribution in [0.25, 0.3) is 0 Å². The van der Waals surface area contributed by atoms with Gasteiger partial charge in [-0.25, -0.2) is 0 Å². The molecule has 1 aliphatic carbocycles. The van der Waals surface area contributed by atoms with Crippen LogP contribution in [0.2, 0.25) is 5.02 Å². The predicted molar refractivity (Wildman–Crippen MR) is 97.9 cm³/mol. The molecule has 0 spiro atoms. The molecule has 0 amide bonds. The average Bonchev–Trinajstić information content (AvgIpc) is 2.88. The fourth-order valence-corrected chi connectivity index (χ4v) is 2.86. The van der Waals surface area contributed by atoms with Gasteiger partial charge in [-0.15, -0.1) is 0 Å². The number of allylic oxidation sites excluding steroid dienone is 4. The molecule has 4 heteroatoms. The van der Waals surface area contributed by atoms with E-state index >= 15 is 0 Å². The summed E-state index contributed by atoms with van der Waals surface area (Å²) in [5.41, 5.74) is 2.93. The second-order valence-electron chi connectivity index (χ2n) is 5.47. The standard InChI is InChI=1S/C20H15ClN2O/c21-16-11-13-17(14-12-16)23-18-9-5-2-6-10-19(18)24-22-20(23)15-7-3-1-4-8-15/h1,3-14H,2H2. The van der Waals surface area contributed by atoms with Crippen molar-refractivity contribution in [2.24, 2.45) is 5.16 Å². The van der Waals surface area contributed by atoms with Crippen molar-refractivity contribution in [3.63, 3.8) is 0 Å². The maximum Gasteiger partial charge on any atom is 0.185 e. The number of amidine groups is 1. The first-order valence-electron chi connectivity index (χ1n) is 7.76. The fraction of sp³-hybridized carbons (Fsp3) is 0.0500. The summed E-state index contributed by atoms with van der Waals surface area (Å²) in [6.45, 7) is 0. The summed E-state index contributed by atoms with van der Waals surface area (Å²) in [6, 6.07) is 17.7. The number of rotatable bonds is 2. The summed E-state index contributed by atoms with van der Waals surface area (Å²) in [5, 5.41) is 5.08. The highest BCUT2D eigenvalue weighted by atomic mass is 35.5. The molecule has 0 unspecified atom stereocenters. The first-order chi connectivity index (χ1) is 11.8. The molecular weight excluding hydrogens is 320 g/mol. The predicted octanol–water partition coefficient (Wildman–Crippen LogP) is 5.27. The highest BCUT2D eigenvalue weighted by Crippen LogP contribution is 2.31. The van der Waals surface area contributed by atoms with Crippen molar-refractivity contribution in [2.45, 2.75) is 6.42 Å². The van der Waals surface area contributed by atoms with E-state index in [-0.39, 0.29) is 0 Å². The highest BCUT2D eigenvalue weighted by molar-refractivity contribution is 6.30. The van der Waals surface area contributed by atoms with Gasteiger partial charge in [-0.05, 0) is 42.8 Å². The zero-order valence-electron chi connectivity index (χ0n) is 12.9. The summed E-state index contributed by atoms with van der Waals surface area (Å²) in [7, 11) is 0. The Morgan fingerprint density at radius 3 is 2.46 bits per heavy atom. The molecule has 1 aliphatic heterocycles. The Morgan fingerprint density at radius 2 is 1.67 bits per heavy atom. The molecule has 4 rings (SSSR count). The molecule has 2 aromatic rings. The van der Waals surface area contributed by atoms with Gasteiger partial charge in [0.1, 0.15) is 0 Å². The molecule has 24 heavy (non-hydrogen) atoms.